The van der Waals surface area contributed by atoms with Crippen LogP contribution in [0.2, 0.25) is 0 Å². The van der Waals surface area contributed by atoms with Gasteiger partial charge >= 0.3 is 0 Å². The molecule has 0 saturated carbocycles. The highest BCUT2D eigenvalue weighted by atomic mass is 32.1. The van der Waals surface area contributed by atoms with E-state index in [9.17, 15) is 9.59 Å². The first-order valence-corrected chi connectivity index (χ1v) is 11.9. The highest BCUT2D eigenvalue weighted by Crippen LogP contribution is 2.35. The summed E-state index contributed by atoms with van der Waals surface area (Å²) in [6, 6.07) is 1.74. The number of carbonyl (C=O) groups excluding carboxylic acids is 1. The van der Waals surface area contributed by atoms with E-state index in [2.05, 4.69) is 39.1 Å². The number of fused-ring (bicyclic) bond motifs is 2. The monoisotopic (exact) mass is 454 g/mol. The fourth-order valence-corrected chi connectivity index (χ4v) is 5.90. The molecule has 8 nitrogen and oxygen atoms in total. The molecule has 5 rings (SSSR count). The number of piperidine rings is 1. The van der Waals surface area contributed by atoms with E-state index >= 15 is 0 Å². The van der Waals surface area contributed by atoms with Gasteiger partial charge in [0.1, 0.15) is 27.6 Å². The number of hydrogen-bond donors (Lipinski definition) is 1. The van der Waals surface area contributed by atoms with E-state index in [1.54, 1.807) is 30.7 Å². The predicted molar refractivity (Wildman–Crippen MR) is 125 cm³/mol. The van der Waals surface area contributed by atoms with Crippen LogP contribution in [0.3, 0.4) is 0 Å². The molecule has 4 aromatic heterocycles. The van der Waals surface area contributed by atoms with Crippen LogP contribution in [0.15, 0.2) is 22.6 Å². The lowest BCUT2D eigenvalue weighted by molar-refractivity contribution is -0.121. The Morgan fingerprint density at radius 3 is 2.71 bits per heavy atom. The summed E-state index contributed by atoms with van der Waals surface area (Å²) in [4.78, 5) is 44.2. The summed E-state index contributed by atoms with van der Waals surface area (Å²) in [7, 11) is 0. The summed E-state index contributed by atoms with van der Waals surface area (Å²) in [5.74, 6) is 1.13. The summed E-state index contributed by atoms with van der Waals surface area (Å²) in [6.07, 6.45) is 3.01. The quantitative estimate of drug-likeness (QED) is 0.510. The van der Waals surface area contributed by atoms with Gasteiger partial charge in [0.25, 0.3) is 5.56 Å². The van der Waals surface area contributed by atoms with Crippen molar-refractivity contribution in [1.82, 2.24) is 19.6 Å². The highest BCUT2D eigenvalue weighted by Gasteiger charge is 2.28. The van der Waals surface area contributed by atoms with Crippen molar-refractivity contribution in [2.24, 2.45) is 5.92 Å². The van der Waals surface area contributed by atoms with E-state index in [1.807, 2.05) is 5.38 Å². The molecule has 1 aliphatic heterocycles. The van der Waals surface area contributed by atoms with Gasteiger partial charge in [-0.15, -0.1) is 22.7 Å². The summed E-state index contributed by atoms with van der Waals surface area (Å²) in [5.41, 5.74) is 3.78. The highest BCUT2D eigenvalue weighted by molar-refractivity contribution is 7.18. The van der Waals surface area contributed by atoms with Gasteiger partial charge in [-0.2, -0.15) is 0 Å². The lowest BCUT2D eigenvalue weighted by Gasteiger charge is -2.32. The molecule has 0 spiro atoms. The van der Waals surface area contributed by atoms with Crippen molar-refractivity contribution < 1.29 is 4.79 Å². The SMILES string of the molecule is Cc1sc2ncnc(N3CCC(C(=O)Nn4c(C)nc5sccc5c4=O)CC3)c2c1C. The number of carbonyl (C=O) groups is 1. The van der Waals surface area contributed by atoms with Crippen molar-refractivity contribution in [3.05, 3.63) is 44.4 Å². The second-order valence-corrected chi connectivity index (χ2v) is 9.93. The second kappa shape index (κ2) is 7.69. The van der Waals surface area contributed by atoms with Crippen molar-refractivity contribution in [1.29, 1.82) is 0 Å². The van der Waals surface area contributed by atoms with E-state index in [-0.39, 0.29) is 17.4 Å². The topological polar surface area (TPSA) is 93.0 Å². The lowest BCUT2D eigenvalue weighted by atomic mass is 9.96. The van der Waals surface area contributed by atoms with Gasteiger partial charge in [-0.05, 0) is 50.6 Å². The average molecular weight is 455 g/mol. The average Bonchev–Trinajstić information content (AvgIpc) is 3.35. The molecule has 10 heteroatoms. The van der Waals surface area contributed by atoms with E-state index in [0.29, 0.717) is 28.9 Å². The summed E-state index contributed by atoms with van der Waals surface area (Å²) >= 11 is 3.11. The van der Waals surface area contributed by atoms with E-state index in [1.165, 1.54) is 26.5 Å². The molecule has 160 valence electrons. The minimum atomic E-state index is -0.235. The molecule has 0 aromatic carbocycles. The van der Waals surface area contributed by atoms with Crippen LogP contribution < -0.4 is 15.9 Å². The second-order valence-electron chi connectivity index (χ2n) is 7.84. The van der Waals surface area contributed by atoms with Crippen LogP contribution in [0.25, 0.3) is 20.4 Å². The Morgan fingerprint density at radius 1 is 1.16 bits per heavy atom. The largest absolute Gasteiger partial charge is 0.356 e. The third kappa shape index (κ3) is 3.39. The Bertz CT molecular complexity index is 1360. The van der Waals surface area contributed by atoms with E-state index < -0.39 is 0 Å². The molecular formula is C21H22N6O2S2. The fraction of sp³-hybridized carbons (Fsp3) is 0.381. The summed E-state index contributed by atoms with van der Waals surface area (Å²) in [5, 5.41) is 3.48. The fourth-order valence-electron chi connectivity index (χ4n) is 4.11. The van der Waals surface area contributed by atoms with Crippen molar-refractivity contribution >= 4 is 54.8 Å². The van der Waals surface area contributed by atoms with Gasteiger partial charge in [0.05, 0.1) is 10.8 Å². The number of aromatic nitrogens is 4. The molecule has 0 aliphatic carbocycles. The van der Waals surface area contributed by atoms with Crippen LogP contribution in [0.5, 0.6) is 0 Å². The first-order valence-electron chi connectivity index (χ1n) is 10.2. The summed E-state index contributed by atoms with van der Waals surface area (Å²) < 4.78 is 1.27. The Kier molecular flexibility index (Phi) is 4.98. The van der Waals surface area contributed by atoms with Crippen LogP contribution in [0.1, 0.15) is 29.1 Å². The number of amides is 1. The first kappa shape index (κ1) is 20.1. The van der Waals surface area contributed by atoms with Crippen molar-refractivity contribution in [2.75, 3.05) is 23.4 Å². The van der Waals surface area contributed by atoms with Gasteiger partial charge in [-0.1, -0.05) is 0 Å². The number of thiophene rings is 2. The zero-order valence-corrected chi connectivity index (χ0v) is 19.1. The molecule has 4 aromatic rings. The van der Waals surface area contributed by atoms with Gasteiger partial charge in [-0.3, -0.25) is 15.0 Å². The Morgan fingerprint density at radius 2 is 1.94 bits per heavy atom. The molecule has 0 bridgehead atoms. The summed E-state index contributed by atoms with van der Waals surface area (Å²) in [6.45, 7) is 7.41. The first-order chi connectivity index (χ1) is 14.9. The molecule has 31 heavy (non-hydrogen) atoms. The Balaban J connectivity index is 1.32. The van der Waals surface area contributed by atoms with Crippen molar-refractivity contribution in [2.45, 2.75) is 33.6 Å². The van der Waals surface area contributed by atoms with Crippen LogP contribution in [-0.2, 0) is 4.79 Å². The number of nitrogens with zero attached hydrogens (tertiary/aromatic N) is 5. The molecular weight excluding hydrogens is 432 g/mol. The number of hydrogen-bond acceptors (Lipinski definition) is 8. The van der Waals surface area contributed by atoms with Crippen molar-refractivity contribution in [3.8, 4) is 0 Å². The van der Waals surface area contributed by atoms with Crippen LogP contribution in [0, 0.1) is 26.7 Å². The molecule has 1 aliphatic rings. The molecule has 0 unspecified atom stereocenters. The minimum absolute atomic E-state index is 0.142. The van der Waals surface area contributed by atoms with Crippen molar-refractivity contribution in [3.63, 3.8) is 0 Å². The van der Waals surface area contributed by atoms with Crippen LogP contribution in [0.4, 0.5) is 5.82 Å². The van der Waals surface area contributed by atoms with E-state index in [0.717, 1.165) is 29.1 Å². The maximum Gasteiger partial charge on any atom is 0.281 e. The molecule has 5 heterocycles. The normalized spacial score (nSPS) is 15.1. The number of nitrogens with one attached hydrogen (secondary N) is 1. The predicted octanol–water partition coefficient (Wildman–Crippen LogP) is 3.37. The molecule has 1 N–H and O–H groups in total. The molecule has 1 fully saturated rings. The van der Waals surface area contributed by atoms with Gasteiger partial charge in [-0.25, -0.2) is 19.6 Å². The van der Waals surface area contributed by atoms with Crippen LogP contribution >= 0.6 is 22.7 Å². The maximum absolute atomic E-state index is 12.9. The third-order valence-corrected chi connectivity index (χ3v) is 7.92. The standard InChI is InChI=1S/C21H22N6O2S2/c1-11-12(2)31-20-16(11)17(22-10-23-20)26-7-4-14(5-8-26)18(28)25-27-13(3)24-19-15(21(27)29)6-9-30-19/h6,9-10,14H,4-5,7-8H2,1-3H3,(H,25,28). The number of aryl methyl sites for hydroxylation is 3. The minimum Gasteiger partial charge on any atom is -0.356 e. The van der Waals surface area contributed by atoms with Gasteiger partial charge in [0.15, 0.2) is 0 Å². The van der Waals surface area contributed by atoms with Gasteiger partial charge in [0.2, 0.25) is 5.91 Å². The number of rotatable bonds is 3. The van der Waals surface area contributed by atoms with Crippen LogP contribution in [-0.4, -0.2) is 38.6 Å². The molecule has 1 saturated heterocycles. The van der Waals surface area contributed by atoms with Gasteiger partial charge in [0, 0.05) is 23.9 Å². The lowest BCUT2D eigenvalue weighted by Crippen LogP contribution is -2.43. The smallest absolute Gasteiger partial charge is 0.281 e. The zero-order chi connectivity index (χ0) is 21.7. The molecule has 0 atom stereocenters. The Hall–Kier alpha value is -2.85. The Labute approximate surface area is 186 Å². The molecule has 1 amide bonds. The van der Waals surface area contributed by atoms with E-state index in [4.69, 9.17) is 0 Å². The number of anilines is 1. The third-order valence-electron chi connectivity index (χ3n) is 6.00. The van der Waals surface area contributed by atoms with Gasteiger partial charge < -0.3 is 4.90 Å². The molecule has 0 radical (unpaired) electrons. The maximum atomic E-state index is 12.9. The zero-order valence-electron chi connectivity index (χ0n) is 17.5.